The Morgan fingerprint density at radius 2 is 2.00 bits per heavy atom. The van der Waals surface area contributed by atoms with E-state index >= 15 is 0 Å². The summed E-state index contributed by atoms with van der Waals surface area (Å²) in [5.41, 5.74) is 1.67. The summed E-state index contributed by atoms with van der Waals surface area (Å²) in [5, 5.41) is 5.56. The highest BCUT2D eigenvalue weighted by atomic mass is 16.2. The zero-order valence-electron chi connectivity index (χ0n) is 17.8. The van der Waals surface area contributed by atoms with Gasteiger partial charge < -0.3 is 20.1 Å². The lowest BCUT2D eigenvalue weighted by Gasteiger charge is -2.29. The number of carbonyl (C=O) groups excluding carboxylic acids is 2. The second kappa shape index (κ2) is 8.32. The minimum Gasteiger partial charge on any atom is -0.357 e. The molecule has 1 unspecified atom stereocenters. The fourth-order valence-corrected chi connectivity index (χ4v) is 3.64. The van der Waals surface area contributed by atoms with Gasteiger partial charge in [0.2, 0.25) is 5.91 Å². The van der Waals surface area contributed by atoms with Crippen molar-refractivity contribution in [3.8, 4) is 11.4 Å². The van der Waals surface area contributed by atoms with Crippen molar-refractivity contribution in [1.29, 1.82) is 0 Å². The Morgan fingerprint density at radius 3 is 2.62 bits per heavy atom. The van der Waals surface area contributed by atoms with Crippen LogP contribution in [0.4, 0.5) is 0 Å². The summed E-state index contributed by atoms with van der Waals surface area (Å²) in [6.45, 7) is 8.12. The molecule has 3 rings (SSSR count). The molecule has 0 aromatic carbocycles. The maximum absolute atomic E-state index is 13.3. The van der Waals surface area contributed by atoms with Gasteiger partial charge in [-0.05, 0) is 37.6 Å². The van der Waals surface area contributed by atoms with Crippen molar-refractivity contribution in [3.05, 3.63) is 35.9 Å². The Bertz CT molecular complexity index is 885. The Balaban J connectivity index is 2.03. The SMILES string of the molecule is CNC(=O)C(NC(=O)c1nc(-c2cccnc2)n2c1CN(C)CCC2)C(C)(C)C. The van der Waals surface area contributed by atoms with E-state index in [-0.39, 0.29) is 11.8 Å². The summed E-state index contributed by atoms with van der Waals surface area (Å²) in [4.78, 5) is 36.7. The van der Waals surface area contributed by atoms with Gasteiger partial charge in [0, 0.05) is 38.1 Å². The van der Waals surface area contributed by atoms with E-state index < -0.39 is 11.5 Å². The van der Waals surface area contributed by atoms with Crippen molar-refractivity contribution in [2.75, 3.05) is 20.6 Å². The van der Waals surface area contributed by atoms with Crippen molar-refractivity contribution in [2.45, 2.75) is 46.3 Å². The van der Waals surface area contributed by atoms with E-state index in [0.29, 0.717) is 12.2 Å². The zero-order chi connectivity index (χ0) is 21.2. The molecule has 8 nitrogen and oxygen atoms in total. The molecule has 0 spiro atoms. The molecule has 0 saturated heterocycles. The fraction of sp³-hybridized carbons (Fsp3) is 0.524. The molecule has 156 valence electrons. The third kappa shape index (κ3) is 4.48. The number of aromatic nitrogens is 3. The number of rotatable bonds is 4. The maximum Gasteiger partial charge on any atom is 0.272 e. The molecule has 1 atom stereocenters. The van der Waals surface area contributed by atoms with Gasteiger partial charge in [-0.1, -0.05) is 20.8 Å². The second-order valence-corrected chi connectivity index (χ2v) is 8.60. The van der Waals surface area contributed by atoms with E-state index in [4.69, 9.17) is 4.98 Å². The first-order valence-corrected chi connectivity index (χ1v) is 9.93. The molecule has 0 bridgehead atoms. The van der Waals surface area contributed by atoms with Gasteiger partial charge in [-0.15, -0.1) is 0 Å². The number of carbonyl (C=O) groups is 2. The van der Waals surface area contributed by atoms with Crippen LogP contribution in [-0.4, -0.2) is 57.9 Å². The van der Waals surface area contributed by atoms with Crippen LogP contribution in [0.25, 0.3) is 11.4 Å². The molecule has 8 heteroatoms. The number of likely N-dealkylation sites (N-methyl/N-ethyl adjacent to an activating group) is 1. The smallest absolute Gasteiger partial charge is 0.272 e. The Morgan fingerprint density at radius 1 is 1.24 bits per heavy atom. The molecular weight excluding hydrogens is 368 g/mol. The van der Waals surface area contributed by atoms with Crippen molar-refractivity contribution < 1.29 is 9.59 Å². The Hall–Kier alpha value is -2.74. The Kier molecular flexibility index (Phi) is 6.02. The third-order valence-electron chi connectivity index (χ3n) is 5.20. The van der Waals surface area contributed by atoms with Crippen LogP contribution in [0.5, 0.6) is 0 Å². The predicted molar refractivity (Wildman–Crippen MR) is 111 cm³/mol. The fourth-order valence-electron chi connectivity index (χ4n) is 3.64. The molecular formula is C21H30N6O2. The molecule has 3 heterocycles. The van der Waals surface area contributed by atoms with Crippen molar-refractivity contribution in [3.63, 3.8) is 0 Å². The van der Waals surface area contributed by atoms with Crippen LogP contribution >= 0.6 is 0 Å². The molecule has 2 aromatic rings. The lowest BCUT2D eigenvalue weighted by atomic mass is 9.86. The molecule has 2 amide bonds. The van der Waals surface area contributed by atoms with Crippen LogP contribution in [0.3, 0.4) is 0 Å². The van der Waals surface area contributed by atoms with E-state index in [1.54, 1.807) is 19.4 Å². The average molecular weight is 399 g/mol. The van der Waals surface area contributed by atoms with Gasteiger partial charge >= 0.3 is 0 Å². The number of hydrogen-bond acceptors (Lipinski definition) is 5. The molecule has 29 heavy (non-hydrogen) atoms. The molecule has 1 aliphatic rings. The molecule has 2 N–H and O–H groups in total. The molecule has 0 aliphatic carbocycles. The second-order valence-electron chi connectivity index (χ2n) is 8.60. The molecule has 0 fully saturated rings. The van der Waals surface area contributed by atoms with Crippen LogP contribution in [-0.2, 0) is 17.9 Å². The van der Waals surface area contributed by atoms with Gasteiger partial charge in [-0.25, -0.2) is 4.98 Å². The number of pyridine rings is 1. The highest BCUT2D eigenvalue weighted by Gasteiger charge is 2.34. The van der Waals surface area contributed by atoms with Crippen LogP contribution in [0.1, 0.15) is 43.4 Å². The quantitative estimate of drug-likeness (QED) is 0.817. The van der Waals surface area contributed by atoms with E-state index in [1.807, 2.05) is 40.0 Å². The van der Waals surface area contributed by atoms with Crippen molar-refractivity contribution >= 4 is 11.8 Å². The lowest BCUT2D eigenvalue weighted by molar-refractivity contribution is -0.124. The van der Waals surface area contributed by atoms with Crippen LogP contribution in [0, 0.1) is 5.41 Å². The van der Waals surface area contributed by atoms with Gasteiger partial charge in [0.05, 0.1) is 5.69 Å². The van der Waals surface area contributed by atoms with Crippen molar-refractivity contribution in [2.24, 2.45) is 5.41 Å². The van der Waals surface area contributed by atoms with E-state index in [0.717, 1.165) is 36.6 Å². The summed E-state index contributed by atoms with van der Waals surface area (Å²) in [7, 11) is 3.61. The molecule has 0 saturated carbocycles. The number of hydrogen-bond donors (Lipinski definition) is 2. The standard InChI is InChI=1S/C21H30N6O2/c1-21(2,3)17(20(29)22-4)25-19(28)16-15-13-26(5)10-7-11-27(15)18(24-16)14-8-6-9-23-12-14/h6,8-9,12,17H,7,10-11,13H2,1-5H3,(H,22,29)(H,25,28). The monoisotopic (exact) mass is 398 g/mol. The predicted octanol–water partition coefficient (Wildman–Crippen LogP) is 1.67. The van der Waals surface area contributed by atoms with Crippen molar-refractivity contribution in [1.82, 2.24) is 30.1 Å². The summed E-state index contributed by atoms with van der Waals surface area (Å²) < 4.78 is 2.11. The summed E-state index contributed by atoms with van der Waals surface area (Å²) in [6.07, 6.45) is 4.44. The summed E-state index contributed by atoms with van der Waals surface area (Å²) in [5.74, 6) is 0.185. The minimum atomic E-state index is -0.664. The average Bonchev–Trinajstić information content (AvgIpc) is 2.92. The first kappa shape index (κ1) is 21.0. The Labute approximate surface area is 171 Å². The number of nitrogens with one attached hydrogen (secondary N) is 2. The largest absolute Gasteiger partial charge is 0.357 e. The van der Waals surface area contributed by atoms with Gasteiger partial charge in [0.25, 0.3) is 5.91 Å². The first-order valence-electron chi connectivity index (χ1n) is 9.93. The van der Waals surface area contributed by atoms with Gasteiger partial charge in [0.15, 0.2) is 5.69 Å². The summed E-state index contributed by atoms with van der Waals surface area (Å²) in [6, 6.07) is 3.14. The third-order valence-corrected chi connectivity index (χ3v) is 5.20. The van der Waals surface area contributed by atoms with Gasteiger partial charge in [-0.2, -0.15) is 0 Å². The van der Waals surface area contributed by atoms with Gasteiger partial charge in [-0.3, -0.25) is 14.6 Å². The van der Waals surface area contributed by atoms with Crippen LogP contribution in [0.15, 0.2) is 24.5 Å². The van der Waals surface area contributed by atoms with E-state index in [2.05, 4.69) is 25.1 Å². The van der Waals surface area contributed by atoms with E-state index in [9.17, 15) is 9.59 Å². The maximum atomic E-state index is 13.3. The number of fused-ring (bicyclic) bond motifs is 1. The molecule has 0 radical (unpaired) electrons. The topological polar surface area (TPSA) is 92.1 Å². The van der Waals surface area contributed by atoms with Gasteiger partial charge in [0.1, 0.15) is 11.9 Å². The van der Waals surface area contributed by atoms with Crippen LogP contribution < -0.4 is 10.6 Å². The lowest BCUT2D eigenvalue weighted by Crippen LogP contribution is -2.53. The van der Waals surface area contributed by atoms with Crippen LogP contribution in [0.2, 0.25) is 0 Å². The molecule has 2 aromatic heterocycles. The normalized spacial score (nSPS) is 15.9. The summed E-state index contributed by atoms with van der Waals surface area (Å²) >= 11 is 0. The highest BCUT2D eigenvalue weighted by Crippen LogP contribution is 2.26. The van der Waals surface area contributed by atoms with E-state index in [1.165, 1.54) is 0 Å². The number of amides is 2. The zero-order valence-corrected chi connectivity index (χ0v) is 17.8. The number of imidazole rings is 1. The minimum absolute atomic E-state index is 0.222. The number of nitrogens with zero attached hydrogens (tertiary/aromatic N) is 4. The molecule has 1 aliphatic heterocycles. The first-order chi connectivity index (χ1) is 13.7. The highest BCUT2D eigenvalue weighted by molar-refractivity contribution is 5.97.